The highest BCUT2D eigenvalue weighted by atomic mass is 16.5. The van der Waals surface area contributed by atoms with E-state index in [1.165, 1.54) is 0 Å². The van der Waals surface area contributed by atoms with E-state index in [1.807, 2.05) is 48.5 Å². The second kappa shape index (κ2) is 7.32. The molecule has 6 nitrogen and oxygen atoms in total. The molecule has 6 heteroatoms. The van der Waals surface area contributed by atoms with E-state index in [-0.39, 0.29) is 0 Å². The first-order chi connectivity index (χ1) is 11.8. The highest BCUT2D eigenvalue weighted by Gasteiger charge is 2.07. The number of benzene rings is 2. The molecule has 0 aliphatic carbocycles. The smallest absolute Gasteiger partial charge is 0.231 e. The fraction of sp³-hybridized carbons (Fsp3) is 0.111. The van der Waals surface area contributed by atoms with Gasteiger partial charge in [-0.1, -0.05) is 41.6 Å². The second-order valence-electron chi connectivity index (χ2n) is 4.98. The Morgan fingerprint density at radius 2 is 1.88 bits per heavy atom. The number of carbonyl (C=O) groups excluding carboxylic acids is 1. The third-order valence-electron chi connectivity index (χ3n) is 3.42. The number of ether oxygens (including phenoxy) is 2. The van der Waals surface area contributed by atoms with Gasteiger partial charge in [0.25, 0.3) is 0 Å². The van der Waals surface area contributed by atoms with Crippen molar-refractivity contribution in [1.29, 1.82) is 0 Å². The maximum Gasteiger partial charge on any atom is 0.231 e. The maximum absolute atomic E-state index is 10.4. The Morgan fingerprint density at radius 1 is 1.12 bits per heavy atom. The van der Waals surface area contributed by atoms with Crippen LogP contribution in [-0.2, 0) is 11.4 Å². The Balaban J connectivity index is 1.67. The average molecular weight is 324 g/mol. The summed E-state index contributed by atoms with van der Waals surface area (Å²) in [6.07, 6.45) is 0.544. The molecule has 24 heavy (non-hydrogen) atoms. The van der Waals surface area contributed by atoms with Crippen molar-refractivity contribution in [2.75, 3.05) is 12.4 Å². The topological polar surface area (TPSA) is 73.6 Å². The van der Waals surface area contributed by atoms with Crippen LogP contribution in [0, 0.1) is 0 Å². The molecule has 1 N–H and O–H groups in total. The van der Waals surface area contributed by atoms with Crippen molar-refractivity contribution in [3.8, 4) is 22.8 Å². The van der Waals surface area contributed by atoms with Gasteiger partial charge < -0.3 is 14.0 Å². The highest BCUT2D eigenvalue weighted by Crippen LogP contribution is 2.27. The normalized spacial score (nSPS) is 10.2. The molecule has 0 aliphatic rings. The van der Waals surface area contributed by atoms with Crippen LogP contribution in [0.3, 0.4) is 0 Å². The summed E-state index contributed by atoms with van der Waals surface area (Å²) in [5.74, 6) is 1.71. The first-order valence-corrected chi connectivity index (χ1v) is 7.32. The summed E-state index contributed by atoms with van der Waals surface area (Å²) in [6.45, 7) is 0.428. The lowest BCUT2D eigenvalue weighted by Gasteiger charge is -2.10. The average Bonchev–Trinajstić information content (AvgIpc) is 3.09. The molecule has 122 valence electrons. The van der Waals surface area contributed by atoms with Crippen molar-refractivity contribution in [3.63, 3.8) is 0 Å². The molecule has 0 atom stereocenters. The summed E-state index contributed by atoms with van der Waals surface area (Å²) in [4.78, 5) is 10.4. The van der Waals surface area contributed by atoms with Crippen molar-refractivity contribution in [2.24, 2.45) is 0 Å². The van der Waals surface area contributed by atoms with Crippen LogP contribution in [0.15, 0.2) is 59.1 Å². The van der Waals surface area contributed by atoms with Gasteiger partial charge in [-0.15, -0.1) is 0 Å². The van der Waals surface area contributed by atoms with E-state index in [9.17, 15) is 4.79 Å². The standard InChI is InChI=1S/C18H16N2O4/c1-22-16-4-2-3-5-17(16)23-11-13-6-8-14(9-7-13)15-10-18(19-12-21)24-20-15/h2-10,12H,11H2,1H3,(H,19,21). The zero-order valence-corrected chi connectivity index (χ0v) is 13.1. The molecule has 0 fully saturated rings. The third-order valence-corrected chi connectivity index (χ3v) is 3.42. The molecular formula is C18H16N2O4. The molecule has 0 saturated carbocycles. The quantitative estimate of drug-likeness (QED) is 0.673. The maximum atomic E-state index is 10.4. The van der Waals surface area contributed by atoms with Crippen LogP contribution in [0.1, 0.15) is 5.56 Å². The number of nitrogens with zero attached hydrogens (tertiary/aromatic N) is 1. The van der Waals surface area contributed by atoms with Crippen LogP contribution in [-0.4, -0.2) is 18.7 Å². The number of carbonyl (C=O) groups is 1. The minimum atomic E-state index is 0.309. The molecule has 0 radical (unpaired) electrons. The van der Waals surface area contributed by atoms with Crippen molar-refractivity contribution in [2.45, 2.75) is 6.61 Å². The van der Waals surface area contributed by atoms with E-state index < -0.39 is 0 Å². The molecule has 1 aromatic heterocycles. The van der Waals surface area contributed by atoms with Crippen LogP contribution in [0.5, 0.6) is 11.5 Å². The number of nitrogens with one attached hydrogen (secondary N) is 1. The number of aromatic nitrogens is 1. The largest absolute Gasteiger partial charge is 0.493 e. The zero-order chi connectivity index (χ0) is 16.8. The second-order valence-corrected chi connectivity index (χ2v) is 4.98. The van der Waals surface area contributed by atoms with E-state index in [1.54, 1.807) is 13.2 Å². The van der Waals surface area contributed by atoms with E-state index in [4.69, 9.17) is 14.0 Å². The lowest BCUT2D eigenvalue weighted by Crippen LogP contribution is -1.97. The van der Waals surface area contributed by atoms with Gasteiger partial charge in [-0.25, -0.2) is 0 Å². The third kappa shape index (κ3) is 3.55. The molecule has 3 rings (SSSR count). The molecule has 1 amide bonds. The Labute approximate surface area is 139 Å². The molecule has 0 bridgehead atoms. The van der Waals surface area contributed by atoms with Gasteiger partial charge in [0, 0.05) is 11.6 Å². The summed E-state index contributed by atoms with van der Waals surface area (Å²) in [6, 6.07) is 16.9. The summed E-state index contributed by atoms with van der Waals surface area (Å²) in [5.41, 5.74) is 2.55. The summed E-state index contributed by atoms with van der Waals surface area (Å²) < 4.78 is 16.0. The molecule has 3 aromatic rings. The minimum absolute atomic E-state index is 0.309. The predicted octanol–water partition coefficient (Wildman–Crippen LogP) is 3.50. The number of methoxy groups -OCH3 is 1. The Morgan fingerprint density at radius 3 is 2.58 bits per heavy atom. The van der Waals surface area contributed by atoms with Gasteiger partial charge >= 0.3 is 0 Å². The van der Waals surface area contributed by atoms with Crippen molar-refractivity contribution >= 4 is 12.3 Å². The predicted molar refractivity (Wildman–Crippen MR) is 89.0 cm³/mol. The molecule has 0 aliphatic heterocycles. The fourth-order valence-electron chi connectivity index (χ4n) is 2.21. The summed E-state index contributed by atoms with van der Waals surface area (Å²) in [5, 5.41) is 6.32. The first-order valence-electron chi connectivity index (χ1n) is 7.32. The van der Waals surface area contributed by atoms with Crippen LogP contribution in [0.4, 0.5) is 5.88 Å². The Bertz CT molecular complexity index is 812. The van der Waals surface area contributed by atoms with Crippen LogP contribution >= 0.6 is 0 Å². The Kier molecular flexibility index (Phi) is 4.76. The van der Waals surface area contributed by atoms with Crippen LogP contribution in [0.25, 0.3) is 11.3 Å². The molecular weight excluding hydrogens is 308 g/mol. The zero-order valence-electron chi connectivity index (χ0n) is 13.1. The lowest BCUT2D eigenvalue weighted by molar-refractivity contribution is -0.105. The van der Waals surface area contributed by atoms with Crippen molar-refractivity contribution < 1.29 is 18.8 Å². The van der Waals surface area contributed by atoms with Crippen LogP contribution < -0.4 is 14.8 Å². The van der Waals surface area contributed by atoms with Gasteiger partial charge in [0.1, 0.15) is 12.3 Å². The SMILES string of the molecule is COc1ccccc1OCc1ccc(-c2cc(NC=O)on2)cc1. The number of amides is 1. The minimum Gasteiger partial charge on any atom is -0.493 e. The summed E-state index contributed by atoms with van der Waals surface area (Å²) >= 11 is 0. The number of hydrogen-bond acceptors (Lipinski definition) is 5. The Hall–Kier alpha value is -3.28. The van der Waals surface area contributed by atoms with Crippen molar-refractivity contribution in [3.05, 3.63) is 60.2 Å². The van der Waals surface area contributed by atoms with E-state index in [0.717, 1.165) is 11.1 Å². The number of rotatable bonds is 7. The number of anilines is 1. The van der Waals surface area contributed by atoms with E-state index >= 15 is 0 Å². The van der Waals surface area contributed by atoms with Gasteiger partial charge in [-0.05, 0) is 17.7 Å². The van der Waals surface area contributed by atoms with Gasteiger partial charge in [0.15, 0.2) is 11.5 Å². The molecule has 1 heterocycles. The van der Waals surface area contributed by atoms with Gasteiger partial charge in [0.2, 0.25) is 12.3 Å². The van der Waals surface area contributed by atoms with Gasteiger partial charge in [-0.2, -0.15) is 0 Å². The molecule has 0 saturated heterocycles. The van der Waals surface area contributed by atoms with Gasteiger partial charge in [0.05, 0.1) is 7.11 Å². The monoisotopic (exact) mass is 324 g/mol. The van der Waals surface area contributed by atoms with E-state index in [0.29, 0.717) is 36.1 Å². The molecule has 0 spiro atoms. The van der Waals surface area contributed by atoms with Crippen LogP contribution in [0.2, 0.25) is 0 Å². The molecule has 2 aromatic carbocycles. The van der Waals surface area contributed by atoms with E-state index in [2.05, 4.69) is 10.5 Å². The summed E-state index contributed by atoms with van der Waals surface area (Å²) in [7, 11) is 1.61. The first kappa shape index (κ1) is 15.6. The lowest BCUT2D eigenvalue weighted by atomic mass is 10.1. The highest BCUT2D eigenvalue weighted by molar-refractivity contribution is 5.71. The van der Waals surface area contributed by atoms with Gasteiger partial charge in [-0.3, -0.25) is 10.1 Å². The molecule has 0 unspecified atom stereocenters. The number of hydrogen-bond donors (Lipinski definition) is 1. The van der Waals surface area contributed by atoms with Crippen molar-refractivity contribution in [1.82, 2.24) is 5.16 Å². The number of para-hydroxylation sites is 2. The fourth-order valence-corrected chi connectivity index (χ4v) is 2.21.